The summed E-state index contributed by atoms with van der Waals surface area (Å²) in [6.07, 6.45) is 2.76. The number of Topliss-reactive ketones (excluding diaryl/α,β-unsaturated/α-hetero) is 3. The Morgan fingerprint density at radius 3 is 1.03 bits per heavy atom. The molecule has 0 aliphatic carbocycles. The van der Waals surface area contributed by atoms with Gasteiger partial charge in [-0.05, 0) is 77.0 Å². The van der Waals surface area contributed by atoms with Crippen LogP contribution in [0.15, 0.2) is 0 Å². The number of hydrogen-bond donors (Lipinski definition) is 6. The van der Waals surface area contributed by atoms with E-state index in [2.05, 4.69) is 0 Å². The van der Waals surface area contributed by atoms with E-state index in [1.165, 1.54) is 0 Å². The lowest BCUT2D eigenvalue weighted by Gasteiger charge is -2.43. The highest BCUT2D eigenvalue weighted by Crippen LogP contribution is 2.37. The zero-order chi connectivity index (χ0) is 30.9. The zero-order valence-corrected chi connectivity index (χ0v) is 25.9. The Hall–Kier alpha value is -1.23. The van der Waals surface area contributed by atoms with Crippen molar-refractivity contribution in [3.63, 3.8) is 0 Å². The smallest absolute Gasteiger partial charge is 0.220 e. The molecule has 0 heterocycles. The van der Waals surface area contributed by atoms with Crippen LogP contribution in [0.4, 0.5) is 0 Å². The minimum atomic E-state index is -3.11. The van der Waals surface area contributed by atoms with Crippen LogP contribution < -0.4 is 17.2 Å². The summed E-state index contributed by atoms with van der Waals surface area (Å²) in [6, 6.07) is -0.314. The van der Waals surface area contributed by atoms with Crippen LogP contribution in [0.5, 0.6) is 0 Å². The molecule has 0 aliphatic heterocycles. The molecule has 9 heteroatoms. The predicted octanol–water partition coefficient (Wildman–Crippen LogP) is 2.35. The summed E-state index contributed by atoms with van der Waals surface area (Å²) in [6.45, 7) is 14.7. The average Bonchev–Trinajstić information content (AvgIpc) is 2.79. The van der Waals surface area contributed by atoms with E-state index in [0.29, 0.717) is 38.5 Å². The summed E-state index contributed by atoms with van der Waals surface area (Å²) in [5, 5.41) is 34.1. The van der Waals surface area contributed by atoms with Gasteiger partial charge in [-0.15, -0.1) is 0 Å². The number of nitrogens with two attached hydrogens (primary N) is 3. The van der Waals surface area contributed by atoms with Crippen molar-refractivity contribution in [1.29, 1.82) is 0 Å². The molecule has 10 atom stereocenters. The Balaban J connectivity index is 6.53. The molecule has 10 unspecified atom stereocenters. The van der Waals surface area contributed by atoms with Gasteiger partial charge < -0.3 is 32.5 Å². The minimum absolute atomic E-state index is 0.00226. The number of rotatable bonds is 20. The highest BCUT2D eigenvalue weighted by Gasteiger charge is 2.65. The van der Waals surface area contributed by atoms with Crippen molar-refractivity contribution in [1.82, 2.24) is 0 Å². The summed E-state index contributed by atoms with van der Waals surface area (Å²) < 4.78 is 0. The highest BCUT2D eigenvalue weighted by molar-refractivity contribution is 6.17. The molecule has 0 bridgehead atoms. The van der Waals surface area contributed by atoms with Crippen LogP contribution >= 0.6 is 0 Å². The first-order valence-corrected chi connectivity index (χ1v) is 14.7. The number of ketones is 3. The van der Waals surface area contributed by atoms with Gasteiger partial charge in [0, 0.05) is 35.9 Å². The van der Waals surface area contributed by atoms with Gasteiger partial charge in [-0.3, -0.25) is 14.4 Å². The number of aliphatic hydroxyl groups excluding tert-OH is 1. The van der Waals surface area contributed by atoms with Crippen LogP contribution in [0.25, 0.3) is 0 Å². The van der Waals surface area contributed by atoms with Crippen molar-refractivity contribution in [2.45, 2.75) is 130 Å². The normalized spacial score (nSPS) is 22.2. The van der Waals surface area contributed by atoms with Gasteiger partial charge in [-0.25, -0.2) is 0 Å². The molecular weight excluding hydrogens is 498 g/mol. The van der Waals surface area contributed by atoms with Crippen LogP contribution in [0.1, 0.15) is 101 Å². The number of carbonyl (C=O) groups excluding carboxylic acids is 3. The maximum Gasteiger partial charge on any atom is 0.220 e. The summed E-state index contributed by atoms with van der Waals surface area (Å²) in [4.78, 5) is 41.6. The van der Waals surface area contributed by atoms with Gasteiger partial charge in [0.05, 0.1) is 6.61 Å². The number of hydrogen-bond acceptors (Lipinski definition) is 9. The molecule has 0 radical (unpaired) electrons. The first-order valence-electron chi connectivity index (χ1n) is 14.7. The van der Waals surface area contributed by atoms with Crippen LogP contribution in [0, 0.1) is 35.5 Å². The lowest BCUT2D eigenvalue weighted by atomic mass is 9.65. The second kappa shape index (κ2) is 16.3. The molecule has 0 amide bonds. The van der Waals surface area contributed by atoms with Gasteiger partial charge in [-0.1, -0.05) is 41.5 Å². The molecule has 0 aliphatic rings. The van der Waals surface area contributed by atoms with Crippen LogP contribution in [-0.4, -0.2) is 68.6 Å². The van der Waals surface area contributed by atoms with Gasteiger partial charge in [-0.2, -0.15) is 0 Å². The molecule has 0 saturated heterocycles. The molecule has 9 N–H and O–H groups in total. The molecule has 0 fully saturated rings. The van der Waals surface area contributed by atoms with Crippen molar-refractivity contribution in [3.05, 3.63) is 0 Å². The Kier molecular flexibility index (Phi) is 15.8. The maximum atomic E-state index is 13.9. The fourth-order valence-corrected chi connectivity index (χ4v) is 6.34. The van der Waals surface area contributed by atoms with E-state index in [0.717, 1.165) is 0 Å². The Labute approximate surface area is 236 Å². The second-order valence-electron chi connectivity index (χ2n) is 13.2. The minimum Gasteiger partial charge on any atom is -0.393 e. The molecule has 9 nitrogen and oxygen atoms in total. The van der Waals surface area contributed by atoms with Gasteiger partial charge in [0.2, 0.25) is 5.60 Å². The first-order chi connectivity index (χ1) is 17.7. The van der Waals surface area contributed by atoms with Crippen molar-refractivity contribution in [2.75, 3.05) is 6.61 Å². The van der Waals surface area contributed by atoms with E-state index in [-0.39, 0.29) is 35.9 Å². The number of aliphatic hydroxyl groups is 3. The van der Waals surface area contributed by atoms with Gasteiger partial charge in [0.25, 0.3) is 0 Å². The summed E-state index contributed by atoms with van der Waals surface area (Å²) >= 11 is 0. The van der Waals surface area contributed by atoms with E-state index in [4.69, 9.17) is 17.2 Å². The molecule has 0 spiro atoms. The van der Waals surface area contributed by atoms with Crippen molar-refractivity contribution in [3.8, 4) is 0 Å². The lowest BCUT2D eigenvalue weighted by molar-refractivity contribution is -0.199. The lowest BCUT2D eigenvalue weighted by Crippen LogP contribution is -2.72. The predicted molar refractivity (Wildman–Crippen MR) is 156 cm³/mol. The Morgan fingerprint density at radius 2 is 0.795 bits per heavy atom. The Morgan fingerprint density at radius 1 is 0.538 bits per heavy atom. The third kappa shape index (κ3) is 10.6. The van der Waals surface area contributed by atoms with Crippen LogP contribution in [0.2, 0.25) is 0 Å². The van der Waals surface area contributed by atoms with Gasteiger partial charge >= 0.3 is 0 Å². The van der Waals surface area contributed by atoms with Crippen LogP contribution in [0.3, 0.4) is 0 Å². The monoisotopic (exact) mass is 557 g/mol. The fraction of sp³-hybridized carbons (Fsp3) is 0.900. The van der Waals surface area contributed by atoms with Gasteiger partial charge in [0.15, 0.2) is 23.0 Å². The van der Waals surface area contributed by atoms with Crippen molar-refractivity contribution in [2.24, 2.45) is 52.7 Å². The highest BCUT2D eigenvalue weighted by atomic mass is 16.4. The quantitative estimate of drug-likeness (QED) is 0.122. The number of carbonyl (C=O) groups is 3. The SMILES string of the molecule is CC(N)CC(C)CC(C)C(=O)C(O)(CO)C(O)(C(=O)C(C)CC(C)CC(C)N)C(=O)C(C)CC(C)CC(C)N. The summed E-state index contributed by atoms with van der Waals surface area (Å²) in [7, 11) is 0. The molecule has 0 rings (SSSR count). The standard InChI is InChI=1S/C30H59N3O6/c1-17(13-23(7)31)10-20(4)26(35)29(38,16-34)30(39,27(36)21(5)11-18(2)14-24(8)32)28(37)22(6)12-19(3)15-25(9)33/h17-25,34,38-39H,10-16,31-33H2,1-9H3. The molecule has 0 aromatic rings. The molecule has 0 aromatic heterocycles. The summed E-state index contributed by atoms with van der Waals surface area (Å²) in [5.41, 5.74) is 11.6. The van der Waals surface area contributed by atoms with E-state index in [1.54, 1.807) is 20.8 Å². The van der Waals surface area contributed by atoms with Crippen molar-refractivity contribution >= 4 is 17.3 Å². The van der Waals surface area contributed by atoms with E-state index in [9.17, 15) is 29.7 Å². The topological polar surface area (TPSA) is 190 Å². The first kappa shape index (κ1) is 37.8. The Bertz CT molecular complexity index is 751. The largest absolute Gasteiger partial charge is 0.393 e. The molecule has 230 valence electrons. The molecule has 39 heavy (non-hydrogen) atoms. The van der Waals surface area contributed by atoms with E-state index < -0.39 is 52.9 Å². The maximum absolute atomic E-state index is 13.9. The molecule has 0 aromatic carbocycles. The third-order valence-corrected chi connectivity index (χ3v) is 7.88. The van der Waals surface area contributed by atoms with E-state index in [1.807, 2.05) is 41.5 Å². The average molecular weight is 558 g/mol. The molecular formula is C30H59N3O6. The van der Waals surface area contributed by atoms with Gasteiger partial charge in [0.1, 0.15) is 0 Å². The van der Waals surface area contributed by atoms with Crippen molar-refractivity contribution < 1.29 is 29.7 Å². The third-order valence-electron chi connectivity index (χ3n) is 7.88. The fourth-order valence-electron chi connectivity index (χ4n) is 6.34. The second-order valence-corrected chi connectivity index (χ2v) is 13.2. The van der Waals surface area contributed by atoms with Crippen LogP contribution in [-0.2, 0) is 14.4 Å². The van der Waals surface area contributed by atoms with E-state index >= 15 is 0 Å². The summed E-state index contributed by atoms with van der Waals surface area (Å²) in [5.74, 6) is -5.47. The molecule has 0 saturated carbocycles. The zero-order valence-electron chi connectivity index (χ0n) is 25.9.